The summed E-state index contributed by atoms with van der Waals surface area (Å²) in [5, 5.41) is 9.20. The van der Waals surface area contributed by atoms with E-state index in [1.807, 2.05) is 12.1 Å². The van der Waals surface area contributed by atoms with Gasteiger partial charge in [-0.05, 0) is 30.5 Å². The van der Waals surface area contributed by atoms with Crippen LogP contribution in [0.1, 0.15) is 76.7 Å². The Balaban J connectivity index is 0. The maximum absolute atomic E-state index is 9.20. The monoisotopic (exact) mass is 310 g/mol. The van der Waals surface area contributed by atoms with Crippen LogP contribution in [0.5, 0.6) is 5.75 Å². The molecule has 1 rings (SSSR count). The number of aromatic hydroxyl groups is 1. The normalized spacial score (nSPS) is 9.76. The second-order valence-corrected chi connectivity index (χ2v) is 5.60. The van der Waals surface area contributed by atoms with Crippen LogP contribution in [0.2, 0.25) is 0 Å². The van der Waals surface area contributed by atoms with Crippen molar-refractivity contribution in [1.29, 1.82) is 0 Å². The molecule has 0 aliphatic heterocycles. The first-order chi connectivity index (χ1) is 9.33. The number of rotatable bonds is 11. The van der Waals surface area contributed by atoms with E-state index in [0.717, 1.165) is 6.42 Å². The van der Waals surface area contributed by atoms with Gasteiger partial charge < -0.3 is 5.11 Å². The van der Waals surface area contributed by atoms with Crippen molar-refractivity contribution in [2.24, 2.45) is 0 Å². The van der Waals surface area contributed by atoms with Gasteiger partial charge in [0.15, 0.2) is 0 Å². The van der Waals surface area contributed by atoms with Crippen molar-refractivity contribution in [2.45, 2.75) is 77.6 Å². The molecule has 1 N–H and O–H groups in total. The number of hydrogen-bond acceptors (Lipinski definition) is 1. The quantitative estimate of drug-likeness (QED) is 0.469. The van der Waals surface area contributed by atoms with Crippen LogP contribution >= 0.6 is 0 Å². The fourth-order valence-electron chi connectivity index (χ4n) is 2.48. The molecule has 0 aliphatic carbocycles. The Bertz CT molecular complexity index is 311. The molecule has 3 heteroatoms. The first-order valence-electron chi connectivity index (χ1n) is 8.11. The molecule has 0 spiro atoms. The van der Waals surface area contributed by atoms with Crippen molar-refractivity contribution >= 4 is 59.1 Å². The van der Waals surface area contributed by atoms with E-state index < -0.39 is 0 Å². The molecule has 21 heavy (non-hydrogen) atoms. The Morgan fingerprint density at radius 2 is 1.10 bits per heavy atom. The third-order valence-corrected chi connectivity index (χ3v) is 3.76. The summed E-state index contributed by atoms with van der Waals surface area (Å²) in [6.45, 7) is 2.27. The summed E-state index contributed by atoms with van der Waals surface area (Å²) < 4.78 is 0. The number of unbranched alkanes of at least 4 members (excludes halogenated alkanes) is 9. The fourth-order valence-corrected chi connectivity index (χ4v) is 2.48. The first kappa shape index (κ1) is 24.3. The van der Waals surface area contributed by atoms with Gasteiger partial charge in [0, 0.05) is 0 Å². The minimum atomic E-state index is 0. The molecule has 0 aliphatic rings. The molecular formula is C18H32Na2O. The van der Waals surface area contributed by atoms with E-state index in [1.54, 1.807) is 12.1 Å². The molecule has 1 aromatic rings. The number of benzene rings is 1. The summed E-state index contributed by atoms with van der Waals surface area (Å²) in [6, 6.07) is 7.63. The summed E-state index contributed by atoms with van der Waals surface area (Å²) in [5.74, 6) is 0.367. The van der Waals surface area contributed by atoms with Crippen LogP contribution in [0, 0.1) is 0 Å². The van der Waals surface area contributed by atoms with Crippen LogP contribution in [0.3, 0.4) is 0 Å². The van der Waals surface area contributed by atoms with Crippen molar-refractivity contribution in [2.75, 3.05) is 0 Å². The van der Waals surface area contributed by atoms with Crippen LogP contribution in [0.15, 0.2) is 24.3 Å². The predicted octanol–water partition coefficient (Wildman–Crippen LogP) is 4.56. The molecule has 1 nitrogen and oxygen atoms in total. The molecule has 0 fully saturated rings. The molecule has 112 valence electrons. The fraction of sp³-hybridized carbons (Fsp3) is 0.667. The molecule has 1 aromatic carbocycles. The van der Waals surface area contributed by atoms with Crippen molar-refractivity contribution < 1.29 is 5.11 Å². The van der Waals surface area contributed by atoms with Crippen LogP contribution in [0.4, 0.5) is 0 Å². The summed E-state index contributed by atoms with van der Waals surface area (Å²) >= 11 is 0. The zero-order valence-electron chi connectivity index (χ0n) is 12.5. The third kappa shape index (κ3) is 14.3. The maximum atomic E-state index is 9.20. The Labute approximate surface area is 175 Å². The van der Waals surface area contributed by atoms with Crippen molar-refractivity contribution in [1.82, 2.24) is 0 Å². The topological polar surface area (TPSA) is 20.2 Å². The molecule has 0 amide bonds. The second kappa shape index (κ2) is 17.4. The van der Waals surface area contributed by atoms with Gasteiger partial charge in [-0.1, -0.05) is 76.8 Å². The Morgan fingerprint density at radius 3 is 1.57 bits per heavy atom. The van der Waals surface area contributed by atoms with Gasteiger partial charge >= 0.3 is 59.1 Å². The summed E-state index contributed by atoms with van der Waals surface area (Å²) in [5.41, 5.74) is 1.34. The Morgan fingerprint density at radius 1 is 0.667 bits per heavy atom. The Kier molecular flexibility index (Phi) is 20.1. The SMILES string of the molecule is CCCCCCCCCCCCc1ccc(O)cc1.[NaH].[NaH]. The molecule has 0 atom stereocenters. The number of phenols is 1. The summed E-state index contributed by atoms with van der Waals surface area (Å²) in [6.07, 6.45) is 15.0. The van der Waals surface area contributed by atoms with Crippen LogP contribution in [-0.2, 0) is 6.42 Å². The van der Waals surface area contributed by atoms with E-state index in [0.29, 0.717) is 5.75 Å². The second-order valence-electron chi connectivity index (χ2n) is 5.60. The Hall–Kier alpha value is 1.02. The summed E-state index contributed by atoms with van der Waals surface area (Å²) in [7, 11) is 0. The molecular weight excluding hydrogens is 278 g/mol. The van der Waals surface area contributed by atoms with E-state index >= 15 is 0 Å². The van der Waals surface area contributed by atoms with Crippen molar-refractivity contribution in [3.05, 3.63) is 29.8 Å². The van der Waals surface area contributed by atoms with Crippen LogP contribution in [-0.4, -0.2) is 64.2 Å². The number of hydrogen-bond donors (Lipinski definition) is 1. The van der Waals surface area contributed by atoms with E-state index in [9.17, 15) is 5.11 Å². The van der Waals surface area contributed by atoms with Gasteiger partial charge in [-0.3, -0.25) is 0 Å². The minimum absolute atomic E-state index is 0. The third-order valence-electron chi connectivity index (χ3n) is 3.76. The van der Waals surface area contributed by atoms with Gasteiger partial charge in [-0.2, -0.15) is 0 Å². The van der Waals surface area contributed by atoms with Gasteiger partial charge in [0.2, 0.25) is 0 Å². The molecule has 0 heterocycles. The van der Waals surface area contributed by atoms with Gasteiger partial charge in [-0.15, -0.1) is 0 Å². The first-order valence-corrected chi connectivity index (χ1v) is 8.11. The average molecular weight is 310 g/mol. The van der Waals surface area contributed by atoms with E-state index in [2.05, 4.69) is 6.92 Å². The summed E-state index contributed by atoms with van der Waals surface area (Å²) in [4.78, 5) is 0. The molecule has 0 saturated carbocycles. The van der Waals surface area contributed by atoms with Crippen molar-refractivity contribution in [3.63, 3.8) is 0 Å². The molecule has 0 bridgehead atoms. The van der Waals surface area contributed by atoms with E-state index in [-0.39, 0.29) is 59.1 Å². The number of phenolic OH excluding ortho intramolecular Hbond substituents is 1. The van der Waals surface area contributed by atoms with Crippen LogP contribution < -0.4 is 0 Å². The molecule has 0 radical (unpaired) electrons. The number of aryl methyl sites for hydroxylation is 1. The van der Waals surface area contributed by atoms with Gasteiger partial charge in [0.05, 0.1) is 0 Å². The molecule has 0 saturated heterocycles. The van der Waals surface area contributed by atoms with Crippen LogP contribution in [0.25, 0.3) is 0 Å². The van der Waals surface area contributed by atoms with Gasteiger partial charge in [0.25, 0.3) is 0 Å². The van der Waals surface area contributed by atoms with Gasteiger partial charge in [-0.25, -0.2) is 0 Å². The zero-order valence-corrected chi connectivity index (χ0v) is 12.5. The van der Waals surface area contributed by atoms with Gasteiger partial charge in [0.1, 0.15) is 5.75 Å². The molecule has 0 unspecified atom stereocenters. The van der Waals surface area contributed by atoms with Crippen molar-refractivity contribution in [3.8, 4) is 5.75 Å². The predicted molar refractivity (Wildman–Crippen MR) is 98.0 cm³/mol. The zero-order chi connectivity index (χ0) is 13.8. The van der Waals surface area contributed by atoms with E-state index in [4.69, 9.17) is 0 Å². The molecule has 0 aromatic heterocycles. The van der Waals surface area contributed by atoms with E-state index in [1.165, 1.54) is 69.8 Å². The standard InChI is InChI=1S/C18H30O.2Na.2H/c1-2-3-4-5-6-7-8-9-10-11-12-17-13-15-18(19)16-14-17;;;;/h13-16,19H,2-12H2,1H3;;;;. The average Bonchev–Trinajstić information content (AvgIpc) is 2.43.